The number of nitro groups is 1. The van der Waals surface area contributed by atoms with E-state index in [2.05, 4.69) is 0 Å². The summed E-state index contributed by atoms with van der Waals surface area (Å²) in [6, 6.07) is 7.95. The van der Waals surface area contributed by atoms with Crippen molar-refractivity contribution < 1.29 is 14.8 Å². The van der Waals surface area contributed by atoms with E-state index >= 15 is 0 Å². The molecule has 0 unspecified atom stereocenters. The van der Waals surface area contributed by atoms with Crippen LogP contribution < -0.4 is 0 Å². The van der Waals surface area contributed by atoms with Crippen LogP contribution in [-0.2, 0) is 4.79 Å². The highest BCUT2D eigenvalue weighted by Crippen LogP contribution is 2.50. The monoisotopic (exact) mass is 304 g/mol. The first-order chi connectivity index (χ1) is 10.4. The van der Waals surface area contributed by atoms with Crippen LogP contribution in [0.2, 0.25) is 0 Å². The SMILES string of the molecule is CC(=O)[C@@]1(C)[C@@H](c2ccccc2)[C@H]([N+](=O)[O-])[C@@H]2C[C@@H](O)CN21. The summed E-state index contributed by atoms with van der Waals surface area (Å²) in [4.78, 5) is 25.7. The molecule has 1 N–H and O–H groups in total. The molecule has 2 fully saturated rings. The van der Waals surface area contributed by atoms with Gasteiger partial charge < -0.3 is 5.11 Å². The lowest BCUT2D eigenvalue weighted by Gasteiger charge is -2.36. The second-order valence-corrected chi connectivity index (χ2v) is 6.48. The molecule has 0 bridgehead atoms. The van der Waals surface area contributed by atoms with Crippen molar-refractivity contribution in [1.29, 1.82) is 0 Å². The third kappa shape index (κ3) is 1.98. The fraction of sp³-hybridized carbons (Fsp3) is 0.562. The molecular formula is C16H20N2O4. The lowest BCUT2D eigenvalue weighted by molar-refractivity contribution is -0.527. The lowest BCUT2D eigenvalue weighted by atomic mass is 9.75. The van der Waals surface area contributed by atoms with Crippen molar-refractivity contribution in [3.63, 3.8) is 0 Å². The molecule has 0 saturated carbocycles. The zero-order valence-electron chi connectivity index (χ0n) is 12.7. The standard InChI is InChI=1S/C16H20N2O4/c1-10(19)16(2)14(11-6-4-3-5-7-11)15(18(21)22)13-8-12(20)9-17(13)16/h3-7,12-15,20H,8-9H2,1-2H3/t12-,13+,14+,15-,16+/m1/s1. The van der Waals surface area contributed by atoms with Crippen LogP contribution in [0.25, 0.3) is 0 Å². The van der Waals surface area contributed by atoms with E-state index in [1.165, 1.54) is 6.92 Å². The van der Waals surface area contributed by atoms with Gasteiger partial charge >= 0.3 is 0 Å². The number of carbonyl (C=O) groups excluding carboxylic acids is 1. The number of rotatable bonds is 3. The van der Waals surface area contributed by atoms with Crippen molar-refractivity contribution >= 4 is 5.78 Å². The number of β-amino-alcohol motifs (C(OH)–C–C–N with tert-alkyl or cyclic N) is 1. The second-order valence-electron chi connectivity index (χ2n) is 6.48. The normalized spacial score (nSPS) is 38.0. The van der Waals surface area contributed by atoms with Crippen molar-refractivity contribution in [3.05, 3.63) is 46.0 Å². The Balaban J connectivity index is 2.15. The summed E-state index contributed by atoms with van der Waals surface area (Å²) in [5.41, 5.74) is -0.146. The molecule has 0 aromatic heterocycles. The van der Waals surface area contributed by atoms with Gasteiger partial charge in [0.15, 0.2) is 5.78 Å². The summed E-state index contributed by atoms with van der Waals surface area (Å²) in [6.07, 6.45) is -0.263. The first-order valence-electron chi connectivity index (χ1n) is 7.51. The highest BCUT2D eigenvalue weighted by atomic mass is 16.6. The summed E-state index contributed by atoms with van der Waals surface area (Å²) < 4.78 is 0. The average molecular weight is 304 g/mol. The quantitative estimate of drug-likeness (QED) is 0.670. The summed E-state index contributed by atoms with van der Waals surface area (Å²) in [7, 11) is 0. The van der Waals surface area contributed by atoms with E-state index in [-0.39, 0.29) is 10.7 Å². The smallest absolute Gasteiger partial charge is 0.237 e. The lowest BCUT2D eigenvalue weighted by Crippen LogP contribution is -2.51. The molecule has 2 saturated heterocycles. The van der Waals surface area contributed by atoms with Gasteiger partial charge in [0.2, 0.25) is 6.04 Å². The molecule has 0 aliphatic carbocycles. The molecule has 2 heterocycles. The Morgan fingerprint density at radius 1 is 1.41 bits per heavy atom. The van der Waals surface area contributed by atoms with Gasteiger partial charge in [0.1, 0.15) is 0 Å². The van der Waals surface area contributed by atoms with Gasteiger partial charge in [-0.15, -0.1) is 0 Å². The van der Waals surface area contributed by atoms with Gasteiger partial charge in [0.05, 0.1) is 23.6 Å². The Morgan fingerprint density at radius 3 is 2.59 bits per heavy atom. The van der Waals surface area contributed by atoms with Crippen LogP contribution in [0.4, 0.5) is 0 Å². The fourth-order valence-corrected chi connectivity index (χ4v) is 4.30. The van der Waals surface area contributed by atoms with E-state index in [1.807, 2.05) is 35.2 Å². The molecule has 0 amide bonds. The van der Waals surface area contributed by atoms with Crippen molar-refractivity contribution in [2.45, 2.75) is 49.9 Å². The highest BCUT2D eigenvalue weighted by Gasteiger charge is 2.66. The highest BCUT2D eigenvalue weighted by molar-refractivity contribution is 5.88. The maximum absolute atomic E-state index is 12.4. The zero-order valence-corrected chi connectivity index (χ0v) is 12.7. The van der Waals surface area contributed by atoms with Crippen LogP contribution in [0.5, 0.6) is 0 Å². The summed E-state index contributed by atoms with van der Waals surface area (Å²) in [5.74, 6) is -0.594. The summed E-state index contributed by atoms with van der Waals surface area (Å²) >= 11 is 0. The topological polar surface area (TPSA) is 83.7 Å². The molecule has 3 rings (SSSR count). The first-order valence-corrected chi connectivity index (χ1v) is 7.51. The second kappa shape index (κ2) is 5.14. The molecule has 0 spiro atoms. The molecule has 6 heteroatoms. The molecule has 0 radical (unpaired) electrons. The molecule has 1 aromatic carbocycles. The van der Waals surface area contributed by atoms with E-state index in [1.54, 1.807) is 6.92 Å². The van der Waals surface area contributed by atoms with Crippen molar-refractivity contribution in [2.75, 3.05) is 6.54 Å². The van der Waals surface area contributed by atoms with Gasteiger partial charge in [-0.2, -0.15) is 0 Å². The zero-order chi connectivity index (χ0) is 16.1. The maximum atomic E-state index is 12.4. The van der Waals surface area contributed by atoms with Crippen LogP contribution in [0.1, 0.15) is 31.7 Å². The number of carbonyl (C=O) groups is 1. The Morgan fingerprint density at radius 2 is 2.05 bits per heavy atom. The average Bonchev–Trinajstić information content (AvgIpc) is 2.95. The van der Waals surface area contributed by atoms with Gasteiger partial charge in [0.25, 0.3) is 0 Å². The minimum atomic E-state index is -0.957. The molecular weight excluding hydrogens is 284 g/mol. The number of fused-ring (bicyclic) bond motifs is 1. The number of aliphatic hydroxyl groups excluding tert-OH is 1. The number of Topliss-reactive ketones (excluding diaryl/α,β-unsaturated/α-hetero) is 1. The van der Waals surface area contributed by atoms with Crippen LogP contribution in [-0.4, -0.2) is 51.0 Å². The number of aliphatic hydroxyl groups is 1. The van der Waals surface area contributed by atoms with Crippen LogP contribution >= 0.6 is 0 Å². The minimum Gasteiger partial charge on any atom is -0.392 e. The summed E-state index contributed by atoms with van der Waals surface area (Å²) in [6.45, 7) is 3.58. The molecule has 2 aliphatic rings. The molecule has 118 valence electrons. The number of hydrogen-bond acceptors (Lipinski definition) is 5. The van der Waals surface area contributed by atoms with Gasteiger partial charge in [-0.05, 0) is 25.8 Å². The number of nitrogens with zero attached hydrogens (tertiary/aromatic N) is 2. The summed E-state index contributed by atoms with van der Waals surface area (Å²) in [5, 5.41) is 21.7. The van der Waals surface area contributed by atoms with Gasteiger partial charge in [-0.1, -0.05) is 30.3 Å². The van der Waals surface area contributed by atoms with Crippen LogP contribution in [0.15, 0.2) is 30.3 Å². The Labute approximate surface area is 128 Å². The van der Waals surface area contributed by atoms with E-state index in [0.717, 1.165) is 5.56 Å². The molecule has 2 aliphatic heterocycles. The van der Waals surface area contributed by atoms with E-state index in [9.17, 15) is 20.0 Å². The van der Waals surface area contributed by atoms with E-state index in [0.29, 0.717) is 13.0 Å². The molecule has 1 aromatic rings. The van der Waals surface area contributed by atoms with Crippen LogP contribution in [0.3, 0.4) is 0 Å². The number of ketones is 1. The van der Waals surface area contributed by atoms with Crippen molar-refractivity contribution in [2.24, 2.45) is 0 Å². The number of benzene rings is 1. The van der Waals surface area contributed by atoms with E-state index < -0.39 is 29.6 Å². The van der Waals surface area contributed by atoms with E-state index in [4.69, 9.17) is 0 Å². The largest absolute Gasteiger partial charge is 0.392 e. The Hall–Kier alpha value is -1.79. The van der Waals surface area contributed by atoms with Gasteiger partial charge in [0, 0.05) is 11.5 Å². The van der Waals surface area contributed by atoms with Crippen molar-refractivity contribution in [3.8, 4) is 0 Å². The first kappa shape index (κ1) is 15.1. The third-order valence-electron chi connectivity index (χ3n) is 5.37. The molecule has 5 atom stereocenters. The number of hydrogen-bond donors (Lipinski definition) is 1. The fourth-order valence-electron chi connectivity index (χ4n) is 4.30. The third-order valence-corrected chi connectivity index (χ3v) is 5.37. The predicted octanol–water partition coefficient (Wildman–Crippen LogP) is 1.21. The molecule has 6 nitrogen and oxygen atoms in total. The molecule has 22 heavy (non-hydrogen) atoms. The maximum Gasteiger partial charge on any atom is 0.237 e. The minimum absolute atomic E-state index is 0.0928. The van der Waals surface area contributed by atoms with Gasteiger partial charge in [-0.25, -0.2) is 0 Å². The Bertz CT molecular complexity index is 605. The van der Waals surface area contributed by atoms with Crippen LogP contribution in [0, 0.1) is 10.1 Å². The predicted molar refractivity (Wildman–Crippen MR) is 80.2 cm³/mol. The van der Waals surface area contributed by atoms with Gasteiger partial charge in [-0.3, -0.25) is 19.8 Å². The Kier molecular flexibility index (Phi) is 3.53. The van der Waals surface area contributed by atoms with Crippen molar-refractivity contribution in [1.82, 2.24) is 4.90 Å².